The molecular weight excluding hydrogens is 300 g/mol. The van der Waals surface area contributed by atoms with Gasteiger partial charge in [-0.05, 0) is 37.7 Å². The summed E-state index contributed by atoms with van der Waals surface area (Å²) in [4.78, 5) is 11.1. The molecule has 0 bridgehead atoms. The van der Waals surface area contributed by atoms with E-state index in [1.807, 2.05) is 0 Å². The molecule has 0 amide bonds. The minimum absolute atomic E-state index is 0.0335. The first-order valence-electron chi connectivity index (χ1n) is 8.71. The van der Waals surface area contributed by atoms with Gasteiger partial charge < -0.3 is 4.43 Å². The molecule has 0 aromatic heterocycles. The third kappa shape index (κ3) is 16.3. The lowest BCUT2D eigenvalue weighted by Gasteiger charge is -2.25. The van der Waals surface area contributed by atoms with Crippen LogP contribution in [0.1, 0.15) is 77.6 Å². The zero-order chi connectivity index (χ0) is 16.1. The molecule has 21 heavy (non-hydrogen) atoms. The average Bonchev–Trinajstić information content (AvgIpc) is 2.34. The Morgan fingerprint density at radius 1 is 0.952 bits per heavy atom. The highest BCUT2D eigenvalue weighted by molar-refractivity contribution is 6.69. The second kappa shape index (κ2) is 12.7. The molecule has 2 nitrogen and oxygen atoms in total. The predicted octanol–water partition coefficient (Wildman–Crippen LogP) is 6.28. The summed E-state index contributed by atoms with van der Waals surface area (Å²) < 4.78 is 6.05. The van der Waals surface area contributed by atoms with E-state index in [4.69, 9.17) is 16.0 Å². The Morgan fingerprint density at radius 2 is 1.43 bits per heavy atom. The summed E-state index contributed by atoms with van der Waals surface area (Å²) in [7, 11) is -1.59. The van der Waals surface area contributed by atoms with E-state index < -0.39 is 8.32 Å². The van der Waals surface area contributed by atoms with Crippen LogP contribution in [0, 0.1) is 0 Å². The van der Waals surface area contributed by atoms with Gasteiger partial charge in [0.2, 0.25) is 5.24 Å². The molecular formula is C17H35ClO2Si. The van der Waals surface area contributed by atoms with E-state index in [2.05, 4.69) is 26.6 Å². The van der Waals surface area contributed by atoms with Crippen LogP contribution in [0.25, 0.3) is 0 Å². The minimum Gasteiger partial charge on any atom is -0.414 e. The fraction of sp³-hybridized carbons (Fsp3) is 0.941. The molecule has 0 aromatic carbocycles. The number of rotatable bonds is 14. The zero-order valence-corrected chi connectivity index (χ0v) is 16.3. The van der Waals surface area contributed by atoms with Gasteiger partial charge >= 0.3 is 0 Å². The Hall–Kier alpha value is 0.137. The third-order valence-corrected chi connectivity index (χ3v) is 4.73. The number of hydrogen-bond acceptors (Lipinski definition) is 2. The molecule has 4 heteroatoms. The molecule has 126 valence electrons. The molecule has 0 rings (SSSR count). The molecule has 0 spiro atoms. The van der Waals surface area contributed by atoms with Crippen LogP contribution in [-0.4, -0.2) is 19.7 Å². The van der Waals surface area contributed by atoms with Crippen molar-refractivity contribution in [3.05, 3.63) is 0 Å². The first-order chi connectivity index (χ1) is 9.85. The molecule has 0 aliphatic heterocycles. The Labute approximate surface area is 138 Å². The van der Waals surface area contributed by atoms with Gasteiger partial charge in [0.15, 0.2) is 8.32 Å². The van der Waals surface area contributed by atoms with Crippen LogP contribution < -0.4 is 0 Å². The molecule has 0 heterocycles. The summed E-state index contributed by atoms with van der Waals surface area (Å²) in [6.45, 7) is 8.74. The van der Waals surface area contributed by atoms with Crippen LogP contribution in [0.2, 0.25) is 19.6 Å². The van der Waals surface area contributed by atoms with Gasteiger partial charge in [-0.25, -0.2) is 0 Å². The van der Waals surface area contributed by atoms with Crippen molar-refractivity contribution in [2.24, 2.45) is 0 Å². The summed E-state index contributed by atoms with van der Waals surface area (Å²) in [6, 6.07) is 0. The van der Waals surface area contributed by atoms with Crippen molar-refractivity contribution >= 4 is 25.2 Å². The lowest BCUT2D eigenvalue weighted by molar-refractivity contribution is -0.113. The van der Waals surface area contributed by atoms with E-state index in [0.29, 0.717) is 6.42 Å². The van der Waals surface area contributed by atoms with Gasteiger partial charge in [0.05, 0.1) is 6.10 Å². The molecule has 0 aromatic rings. The Balaban J connectivity index is 3.66. The van der Waals surface area contributed by atoms with Crippen molar-refractivity contribution in [1.82, 2.24) is 0 Å². The number of hydrogen-bond donors (Lipinski definition) is 0. The molecule has 0 aliphatic rings. The number of halogens is 1. The molecule has 0 radical (unpaired) electrons. The van der Waals surface area contributed by atoms with Crippen LogP contribution in [0.3, 0.4) is 0 Å². The van der Waals surface area contributed by atoms with Crippen LogP contribution in [0.15, 0.2) is 0 Å². The first kappa shape index (κ1) is 21.1. The van der Waals surface area contributed by atoms with Gasteiger partial charge in [-0.3, -0.25) is 4.79 Å². The molecule has 0 N–H and O–H groups in total. The van der Waals surface area contributed by atoms with E-state index in [9.17, 15) is 4.79 Å². The number of carbonyl (C=O) groups is 1. The van der Waals surface area contributed by atoms with Crippen molar-refractivity contribution in [3.63, 3.8) is 0 Å². The SMILES string of the molecule is CCCCCCCCCCCC(CC(=O)Cl)O[Si](C)(C)C. The fourth-order valence-corrected chi connectivity index (χ4v) is 3.94. The summed E-state index contributed by atoms with van der Waals surface area (Å²) in [5.74, 6) is 0. The molecule has 0 aliphatic carbocycles. The van der Waals surface area contributed by atoms with Crippen molar-refractivity contribution in [1.29, 1.82) is 0 Å². The number of unbranched alkanes of at least 4 members (excludes halogenated alkanes) is 8. The van der Waals surface area contributed by atoms with E-state index in [1.54, 1.807) is 0 Å². The van der Waals surface area contributed by atoms with Crippen molar-refractivity contribution in [2.45, 2.75) is 103 Å². The lowest BCUT2D eigenvalue weighted by atomic mass is 10.0. The third-order valence-electron chi connectivity index (χ3n) is 3.54. The van der Waals surface area contributed by atoms with Gasteiger partial charge in [-0.1, -0.05) is 64.7 Å². The maximum absolute atomic E-state index is 11.1. The van der Waals surface area contributed by atoms with E-state index in [-0.39, 0.29) is 11.3 Å². The topological polar surface area (TPSA) is 26.3 Å². The molecule has 1 atom stereocenters. The average molecular weight is 335 g/mol. The zero-order valence-electron chi connectivity index (χ0n) is 14.5. The second-order valence-electron chi connectivity index (χ2n) is 7.03. The molecule has 0 fully saturated rings. The highest BCUT2D eigenvalue weighted by atomic mass is 35.5. The summed E-state index contributed by atoms with van der Waals surface area (Å²) in [6.07, 6.45) is 13.3. The lowest BCUT2D eigenvalue weighted by Crippen LogP contribution is -2.32. The normalized spacial score (nSPS) is 13.4. The van der Waals surface area contributed by atoms with Crippen LogP contribution in [-0.2, 0) is 9.22 Å². The monoisotopic (exact) mass is 334 g/mol. The molecule has 0 saturated carbocycles. The molecule has 1 unspecified atom stereocenters. The smallest absolute Gasteiger partial charge is 0.224 e. The van der Waals surface area contributed by atoms with Crippen molar-refractivity contribution in [3.8, 4) is 0 Å². The van der Waals surface area contributed by atoms with Gasteiger partial charge in [0, 0.05) is 6.42 Å². The quantitative estimate of drug-likeness (QED) is 0.212. The maximum Gasteiger partial charge on any atom is 0.224 e. The van der Waals surface area contributed by atoms with E-state index in [0.717, 1.165) is 12.8 Å². The second-order valence-corrected chi connectivity index (χ2v) is 11.9. The standard InChI is InChI=1S/C17H35ClO2Si/c1-5-6-7-8-9-10-11-12-13-14-16(15-17(18)19)20-21(2,3)4/h16H,5-15H2,1-4H3. The Morgan fingerprint density at radius 3 is 1.86 bits per heavy atom. The van der Waals surface area contributed by atoms with Gasteiger partial charge in [-0.2, -0.15) is 0 Å². The minimum atomic E-state index is -1.59. The largest absolute Gasteiger partial charge is 0.414 e. The molecule has 0 saturated heterocycles. The van der Waals surface area contributed by atoms with Crippen LogP contribution in [0.5, 0.6) is 0 Å². The maximum atomic E-state index is 11.1. The number of carbonyl (C=O) groups excluding carboxylic acids is 1. The van der Waals surface area contributed by atoms with E-state index in [1.165, 1.54) is 51.4 Å². The Bertz CT molecular complexity index is 264. The summed E-state index contributed by atoms with van der Waals surface area (Å²) in [5.41, 5.74) is 0. The van der Waals surface area contributed by atoms with Crippen molar-refractivity contribution < 1.29 is 9.22 Å². The van der Waals surface area contributed by atoms with Gasteiger partial charge in [0.25, 0.3) is 0 Å². The van der Waals surface area contributed by atoms with Crippen LogP contribution in [0.4, 0.5) is 0 Å². The first-order valence-corrected chi connectivity index (χ1v) is 12.5. The van der Waals surface area contributed by atoms with Gasteiger partial charge in [-0.15, -0.1) is 0 Å². The highest BCUT2D eigenvalue weighted by Gasteiger charge is 2.22. The van der Waals surface area contributed by atoms with E-state index >= 15 is 0 Å². The van der Waals surface area contributed by atoms with Gasteiger partial charge in [0.1, 0.15) is 0 Å². The predicted molar refractivity (Wildman–Crippen MR) is 95.5 cm³/mol. The summed E-state index contributed by atoms with van der Waals surface area (Å²) in [5, 5.41) is -0.269. The van der Waals surface area contributed by atoms with Crippen LogP contribution >= 0.6 is 11.6 Å². The fourth-order valence-electron chi connectivity index (χ4n) is 2.56. The Kier molecular flexibility index (Phi) is 12.7. The van der Waals surface area contributed by atoms with Crippen molar-refractivity contribution in [2.75, 3.05) is 0 Å². The highest BCUT2D eigenvalue weighted by Crippen LogP contribution is 2.18. The summed E-state index contributed by atoms with van der Waals surface area (Å²) >= 11 is 5.52.